The van der Waals surface area contributed by atoms with Crippen molar-refractivity contribution < 1.29 is 17.9 Å². The van der Waals surface area contributed by atoms with Crippen LogP contribution in [-0.4, -0.2) is 45.7 Å². The summed E-state index contributed by atoms with van der Waals surface area (Å²) in [6, 6.07) is 4.52. The van der Waals surface area contributed by atoms with E-state index in [0.717, 1.165) is 25.9 Å². The van der Waals surface area contributed by atoms with Gasteiger partial charge in [-0.1, -0.05) is 6.92 Å². The van der Waals surface area contributed by atoms with Crippen molar-refractivity contribution in [2.24, 2.45) is 5.92 Å². The van der Waals surface area contributed by atoms with Gasteiger partial charge >= 0.3 is 0 Å². The third-order valence-corrected chi connectivity index (χ3v) is 6.04. The van der Waals surface area contributed by atoms with Crippen LogP contribution in [0.4, 0.5) is 11.6 Å². The highest BCUT2D eigenvalue weighted by Gasteiger charge is 2.22. The van der Waals surface area contributed by atoms with Crippen LogP contribution in [0.15, 0.2) is 35.5 Å². The fraction of sp³-hybridized carbons (Fsp3) is 0.444. The number of anilines is 2. The summed E-state index contributed by atoms with van der Waals surface area (Å²) in [5, 5.41) is 0. The van der Waals surface area contributed by atoms with Gasteiger partial charge in [-0.15, -0.1) is 0 Å². The number of nitrogens with one attached hydrogen (secondary N) is 1. The molecular formula is C18H24N4O4S. The van der Waals surface area contributed by atoms with Crippen LogP contribution in [-0.2, 0) is 10.0 Å². The van der Waals surface area contributed by atoms with Crippen LogP contribution in [0.25, 0.3) is 0 Å². The van der Waals surface area contributed by atoms with Crippen LogP contribution in [0.5, 0.6) is 11.5 Å². The molecule has 1 aliphatic rings. The lowest BCUT2D eigenvalue weighted by Crippen LogP contribution is -2.34. The maximum absolute atomic E-state index is 12.7. The zero-order valence-corrected chi connectivity index (χ0v) is 16.5. The van der Waals surface area contributed by atoms with E-state index in [1.807, 2.05) is 0 Å². The van der Waals surface area contributed by atoms with E-state index in [-0.39, 0.29) is 10.6 Å². The second-order valence-electron chi connectivity index (χ2n) is 6.56. The predicted molar refractivity (Wildman–Crippen MR) is 103 cm³/mol. The number of nitrogens with zero attached hydrogens (tertiary/aromatic N) is 3. The molecule has 1 fully saturated rings. The number of hydrogen-bond donors (Lipinski definition) is 1. The molecule has 0 radical (unpaired) electrons. The Morgan fingerprint density at radius 3 is 2.37 bits per heavy atom. The molecule has 9 heteroatoms. The standard InChI is InChI=1S/C18H24N4O4S/c1-13-6-8-22(9-7-13)18-19-11-14(12-20-18)21-27(23,24)17-5-4-15(25-2)10-16(17)26-3/h4-5,10-13,21H,6-9H2,1-3H3. The summed E-state index contributed by atoms with van der Waals surface area (Å²) in [6.45, 7) is 4.06. The van der Waals surface area contributed by atoms with Crippen LogP contribution in [0.1, 0.15) is 19.8 Å². The average molecular weight is 392 g/mol. The lowest BCUT2D eigenvalue weighted by Gasteiger charge is -2.30. The van der Waals surface area contributed by atoms with Crippen molar-refractivity contribution in [2.45, 2.75) is 24.7 Å². The molecule has 0 aliphatic carbocycles. The van der Waals surface area contributed by atoms with Gasteiger partial charge in [0.15, 0.2) is 0 Å². The number of aromatic nitrogens is 2. The third-order valence-electron chi connectivity index (χ3n) is 4.62. The van der Waals surface area contributed by atoms with Crippen molar-refractivity contribution in [1.29, 1.82) is 0 Å². The first-order valence-electron chi connectivity index (χ1n) is 8.75. The topological polar surface area (TPSA) is 93.7 Å². The monoisotopic (exact) mass is 392 g/mol. The molecule has 27 heavy (non-hydrogen) atoms. The minimum Gasteiger partial charge on any atom is -0.497 e. The molecule has 0 saturated carbocycles. The molecule has 2 aromatic rings. The van der Waals surface area contributed by atoms with Crippen molar-refractivity contribution in [3.63, 3.8) is 0 Å². The van der Waals surface area contributed by atoms with Crippen LogP contribution in [0.3, 0.4) is 0 Å². The van der Waals surface area contributed by atoms with Crippen molar-refractivity contribution in [2.75, 3.05) is 36.9 Å². The second-order valence-corrected chi connectivity index (χ2v) is 8.21. The van der Waals surface area contributed by atoms with Gasteiger partial charge in [0.2, 0.25) is 5.95 Å². The van der Waals surface area contributed by atoms with E-state index >= 15 is 0 Å². The molecule has 8 nitrogen and oxygen atoms in total. The summed E-state index contributed by atoms with van der Waals surface area (Å²) in [5.41, 5.74) is 0.294. The molecule has 1 N–H and O–H groups in total. The average Bonchev–Trinajstić information content (AvgIpc) is 2.68. The quantitative estimate of drug-likeness (QED) is 0.807. The summed E-state index contributed by atoms with van der Waals surface area (Å²) in [5.74, 6) is 2.04. The van der Waals surface area contributed by atoms with Crippen molar-refractivity contribution in [3.05, 3.63) is 30.6 Å². The summed E-state index contributed by atoms with van der Waals surface area (Å²) < 4.78 is 38.2. The summed E-state index contributed by atoms with van der Waals surface area (Å²) in [4.78, 5) is 10.8. The van der Waals surface area contributed by atoms with E-state index in [2.05, 4.69) is 26.5 Å². The summed E-state index contributed by atoms with van der Waals surface area (Å²) >= 11 is 0. The zero-order chi connectivity index (χ0) is 19.4. The largest absolute Gasteiger partial charge is 0.497 e. The molecule has 0 atom stereocenters. The Morgan fingerprint density at radius 2 is 1.78 bits per heavy atom. The number of rotatable bonds is 6. The van der Waals surface area contributed by atoms with Gasteiger partial charge in [0.1, 0.15) is 16.4 Å². The Bertz CT molecular complexity index is 879. The van der Waals surface area contributed by atoms with Gasteiger partial charge in [0.25, 0.3) is 10.0 Å². The van der Waals surface area contributed by atoms with E-state index in [1.165, 1.54) is 38.7 Å². The molecule has 1 saturated heterocycles. The number of hydrogen-bond acceptors (Lipinski definition) is 7. The maximum Gasteiger partial charge on any atom is 0.265 e. The van der Waals surface area contributed by atoms with Crippen LogP contribution in [0.2, 0.25) is 0 Å². The SMILES string of the molecule is COc1ccc(S(=O)(=O)Nc2cnc(N3CCC(C)CC3)nc2)c(OC)c1. The van der Waals surface area contributed by atoms with E-state index < -0.39 is 10.0 Å². The Kier molecular flexibility index (Phi) is 5.69. The molecule has 1 aliphatic heterocycles. The van der Waals surface area contributed by atoms with Gasteiger partial charge in [-0.25, -0.2) is 18.4 Å². The fourth-order valence-corrected chi connectivity index (χ4v) is 4.13. The van der Waals surface area contributed by atoms with Gasteiger partial charge < -0.3 is 14.4 Å². The van der Waals surface area contributed by atoms with Gasteiger partial charge in [0, 0.05) is 19.2 Å². The molecule has 0 amide bonds. The Labute approximate surface area is 159 Å². The van der Waals surface area contributed by atoms with E-state index in [1.54, 1.807) is 6.07 Å². The summed E-state index contributed by atoms with van der Waals surface area (Å²) in [6.07, 6.45) is 5.17. The van der Waals surface area contributed by atoms with Gasteiger partial charge in [0.05, 0.1) is 32.3 Å². The van der Waals surface area contributed by atoms with Crippen LogP contribution in [0, 0.1) is 5.92 Å². The van der Waals surface area contributed by atoms with Crippen molar-refractivity contribution in [3.8, 4) is 11.5 Å². The molecule has 1 aromatic heterocycles. The van der Waals surface area contributed by atoms with Crippen molar-refractivity contribution in [1.82, 2.24) is 9.97 Å². The fourth-order valence-electron chi connectivity index (χ4n) is 2.95. The smallest absolute Gasteiger partial charge is 0.265 e. The Balaban J connectivity index is 1.76. The summed E-state index contributed by atoms with van der Waals surface area (Å²) in [7, 11) is -0.939. The van der Waals surface area contributed by atoms with Gasteiger partial charge in [-0.2, -0.15) is 0 Å². The van der Waals surface area contributed by atoms with E-state index in [0.29, 0.717) is 23.3 Å². The number of ether oxygens (including phenoxy) is 2. The lowest BCUT2D eigenvalue weighted by atomic mass is 10.00. The maximum atomic E-state index is 12.7. The zero-order valence-electron chi connectivity index (χ0n) is 15.7. The molecule has 2 heterocycles. The number of methoxy groups -OCH3 is 2. The highest BCUT2D eigenvalue weighted by atomic mass is 32.2. The molecule has 3 rings (SSSR count). The third kappa shape index (κ3) is 4.41. The molecule has 0 bridgehead atoms. The number of benzene rings is 1. The minimum absolute atomic E-state index is 0.0138. The van der Waals surface area contributed by atoms with Gasteiger partial charge in [-0.3, -0.25) is 4.72 Å². The second kappa shape index (κ2) is 7.99. The van der Waals surface area contributed by atoms with Gasteiger partial charge in [-0.05, 0) is 30.9 Å². The molecular weight excluding hydrogens is 368 g/mol. The van der Waals surface area contributed by atoms with E-state index in [9.17, 15) is 8.42 Å². The highest BCUT2D eigenvalue weighted by Crippen LogP contribution is 2.29. The number of sulfonamides is 1. The minimum atomic E-state index is -3.85. The molecule has 0 unspecified atom stereocenters. The first-order valence-corrected chi connectivity index (χ1v) is 10.2. The molecule has 1 aromatic carbocycles. The predicted octanol–water partition coefficient (Wildman–Crippen LogP) is 2.53. The number of piperidine rings is 1. The van der Waals surface area contributed by atoms with E-state index in [4.69, 9.17) is 9.47 Å². The first-order chi connectivity index (χ1) is 12.9. The Morgan fingerprint density at radius 1 is 1.11 bits per heavy atom. The van der Waals surface area contributed by atoms with Crippen molar-refractivity contribution >= 4 is 21.7 Å². The molecule has 0 spiro atoms. The first kappa shape index (κ1) is 19.2. The van der Waals surface area contributed by atoms with Crippen LogP contribution >= 0.6 is 0 Å². The van der Waals surface area contributed by atoms with Crippen LogP contribution < -0.4 is 19.1 Å². The molecule has 146 valence electrons. The highest BCUT2D eigenvalue weighted by molar-refractivity contribution is 7.92. The Hall–Kier alpha value is -2.55. The normalized spacial score (nSPS) is 15.4. The lowest BCUT2D eigenvalue weighted by molar-refractivity contribution is 0.386.